The standard InChI is InChI=1S/C8H16O2S.C2H4O2/c1-3-4-8(5-6-9)11-7(2)10;1-2(3)4/h8-9H,3-6H2,1-2H3;1H3,(H,3,4). The van der Waals surface area contributed by atoms with Gasteiger partial charge in [-0.15, -0.1) is 0 Å². The van der Waals surface area contributed by atoms with Crippen LogP contribution in [0.15, 0.2) is 0 Å². The molecule has 0 aliphatic carbocycles. The van der Waals surface area contributed by atoms with E-state index in [1.54, 1.807) is 6.92 Å². The first-order valence-corrected chi connectivity index (χ1v) is 5.79. The second kappa shape index (κ2) is 11.5. The van der Waals surface area contributed by atoms with Gasteiger partial charge in [0, 0.05) is 25.7 Å². The molecule has 4 nitrogen and oxygen atoms in total. The van der Waals surface area contributed by atoms with Crippen LogP contribution < -0.4 is 0 Å². The first-order chi connectivity index (χ1) is 6.93. The Labute approximate surface area is 95.1 Å². The van der Waals surface area contributed by atoms with Crippen molar-refractivity contribution in [2.75, 3.05) is 6.61 Å². The first kappa shape index (κ1) is 16.9. The average molecular weight is 236 g/mol. The largest absolute Gasteiger partial charge is 0.481 e. The molecule has 0 rings (SSSR count). The summed E-state index contributed by atoms with van der Waals surface area (Å²) in [6.45, 7) is 4.93. The maximum atomic E-state index is 10.7. The molecule has 1 atom stereocenters. The zero-order chi connectivity index (χ0) is 12.3. The molecule has 0 aromatic heterocycles. The fraction of sp³-hybridized carbons (Fsp3) is 0.800. The lowest BCUT2D eigenvalue weighted by molar-refractivity contribution is -0.134. The van der Waals surface area contributed by atoms with Crippen LogP contribution in [0.5, 0.6) is 0 Å². The predicted octanol–water partition coefficient (Wildman–Crippen LogP) is 1.91. The monoisotopic (exact) mass is 236 g/mol. The molecule has 90 valence electrons. The summed E-state index contributed by atoms with van der Waals surface area (Å²) in [7, 11) is 0. The lowest BCUT2D eigenvalue weighted by Crippen LogP contribution is -2.07. The number of aliphatic carboxylic acids is 1. The number of rotatable bonds is 5. The van der Waals surface area contributed by atoms with Gasteiger partial charge in [-0.1, -0.05) is 25.1 Å². The van der Waals surface area contributed by atoms with Crippen LogP contribution in [0.25, 0.3) is 0 Å². The van der Waals surface area contributed by atoms with Crippen molar-refractivity contribution in [3.63, 3.8) is 0 Å². The van der Waals surface area contributed by atoms with Crippen LogP contribution in [0.2, 0.25) is 0 Å². The van der Waals surface area contributed by atoms with Gasteiger partial charge in [-0.25, -0.2) is 0 Å². The predicted molar refractivity (Wildman–Crippen MR) is 62.0 cm³/mol. The SMILES string of the molecule is CC(=O)O.CCCC(CCO)SC(C)=O. The van der Waals surface area contributed by atoms with Crippen molar-refractivity contribution in [3.8, 4) is 0 Å². The molecule has 0 heterocycles. The summed E-state index contributed by atoms with van der Waals surface area (Å²) in [5.41, 5.74) is 0. The highest BCUT2D eigenvalue weighted by molar-refractivity contribution is 8.14. The number of hydrogen-bond acceptors (Lipinski definition) is 4. The molecule has 1 unspecified atom stereocenters. The van der Waals surface area contributed by atoms with Crippen molar-refractivity contribution < 1.29 is 19.8 Å². The van der Waals surface area contributed by atoms with E-state index >= 15 is 0 Å². The summed E-state index contributed by atoms with van der Waals surface area (Å²) in [5.74, 6) is -0.833. The van der Waals surface area contributed by atoms with Crippen LogP contribution in [0.3, 0.4) is 0 Å². The molecular weight excluding hydrogens is 216 g/mol. The molecule has 0 aliphatic heterocycles. The molecule has 2 N–H and O–H groups in total. The van der Waals surface area contributed by atoms with E-state index in [1.165, 1.54) is 11.8 Å². The summed E-state index contributed by atoms with van der Waals surface area (Å²) in [5, 5.41) is 16.5. The first-order valence-electron chi connectivity index (χ1n) is 4.91. The quantitative estimate of drug-likeness (QED) is 0.762. The van der Waals surface area contributed by atoms with Crippen LogP contribution in [0, 0.1) is 0 Å². The summed E-state index contributed by atoms with van der Waals surface area (Å²) in [6, 6.07) is 0. The minimum Gasteiger partial charge on any atom is -0.481 e. The smallest absolute Gasteiger partial charge is 0.300 e. The summed E-state index contributed by atoms with van der Waals surface area (Å²) in [6.07, 6.45) is 2.83. The van der Waals surface area contributed by atoms with Crippen LogP contribution in [0.1, 0.15) is 40.0 Å². The van der Waals surface area contributed by atoms with E-state index in [0.717, 1.165) is 26.2 Å². The number of aliphatic hydroxyl groups excluding tert-OH is 1. The minimum atomic E-state index is -0.833. The van der Waals surface area contributed by atoms with Crippen LogP contribution in [-0.2, 0) is 9.59 Å². The van der Waals surface area contributed by atoms with Gasteiger partial charge < -0.3 is 10.2 Å². The van der Waals surface area contributed by atoms with E-state index < -0.39 is 5.97 Å². The molecule has 0 aromatic carbocycles. The lowest BCUT2D eigenvalue weighted by Gasteiger charge is -2.10. The Balaban J connectivity index is 0. The second-order valence-corrected chi connectivity index (χ2v) is 4.53. The van der Waals surface area contributed by atoms with Crippen LogP contribution >= 0.6 is 11.8 Å². The fourth-order valence-electron chi connectivity index (χ4n) is 0.963. The van der Waals surface area contributed by atoms with Crippen molar-refractivity contribution in [1.82, 2.24) is 0 Å². The second-order valence-electron chi connectivity index (χ2n) is 3.05. The minimum absolute atomic E-state index is 0.150. The van der Waals surface area contributed by atoms with Gasteiger partial charge in [0.15, 0.2) is 5.12 Å². The Hall–Kier alpha value is -0.550. The van der Waals surface area contributed by atoms with Gasteiger partial charge >= 0.3 is 0 Å². The maximum Gasteiger partial charge on any atom is 0.300 e. The number of aliphatic hydroxyl groups is 1. The lowest BCUT2D eigenvalue weighted by atomic mass is 10.2. The molecule has 5 heteroatoms. The number of carbonyl (C=O) groups excluding carboxylic acids is 1. The van der Waals surface area contributed by atoms with Gasteiger partial charge in [0.1, 0.15) is 0 Å². The van der Waals surface area contributed by atoms with E-state index in [9.17, 15) is 4.79 Å². The Bertz CT molecular complexity index is 172. The van der Waals surface area contributed by atoms with Gasteiger partial charge in [-0.05, 0) is 12.8 Å². The topological polar surface area (TPSA) is 74.6 Å². The Morgan fingerprint density at radius 1 is 1.27 bits per heavy atom. The molecule has 0 saturated heterocycles. The van der Waals surface area contributed by atoms with Crippen molar-refractivity contribution in [3.05, 3.63) is 0 Å². The van der Waals surface area contributed by atoms with E-state index in [0.29, 0.717) is 5.25 Å². The Morgan fingerprint density at radius 3 is 2.00 bits per heavy atom. The molecule has 15 heavy (non-hydrogen) atoms. The number of carboxylic acid groups (broad SMARTS) is 1. The molecule has 0 saturated carbocycles. The Kier molecular flexibility index (Phi) is 13.0. The molecule has 0 bridgehead atoms. The third-order valence-electron chi connectivity index (χ3n) is 1.39. The van der Waals surface area contributed by atoms with Crippen molar-refractivity contribution in [2.45, 2.75) is 45.3 Å². The number of carbonyl (C=O) groups is 2. The molecule has 0 amide bonds. The normalized spacial score (nSPS) is 11.2. The molecular formula is C10H20O4S. The maximum absolute atomic E-state index is 10.7. The van der Waals surface area contributed by atoms with Gasteiger partial charge in [-0.2, -0.15) is 0 Å². The third kappa shape index (κ3) is 19.7. The number of carboxylic acids is 1. The highest BCUT2D eigenvalue weighted by Crippen LogP contribution is 2.19. The third-order valence-corrected chi connectivity index (χ3v) is 2.53. The zero-order valence-electron chi connectivity index (χ0n) is 9.52. The van der Waals surface area contributed by atoms with E-state index in [-0.39, 0.29) is 11.7 Å². The highest BCUT2D eigenvalue weighted by atomic mass is 32.2. The molecule has 0 spiro atoms. The summed E-state index contributed by atoms with van der Waals surface area (Å²) in [4.78, 5) is 19.7. The summed E-state index contributed by atoms with van der Waals surface area (Å²) >= 11 is 1.35. The van der Waals surface area contributed by atoms with E-state index in [1.807, 2.05) is 0 Å². The van der Waals surface area contributed by atoms with Crippen LogP contribution in [0.4, 0.5) is 0 Å². The van der Waals surface area contributed by atoms with Gasteiger partial charge in [0.2, 0.25) is 0 Å². The van der Waals surface area contributed by atoms with Gasteiger partial charge in [0.25, 0.3) is 5.97 Å². The van der Waals surface area contributed by atoms with Gasteiger partial charge in [0.05, 0.1) is 0 Å². The molecule has 0 radical (unpaired) electrons. The van der Waals surface area contributed by atoms with Crippen molar-refractivity contribution >= 4 is 22.8 Å². The van der Waals surface area contributed by atoms with Crippen molar-refractivity contribution in [1.29, 1.82) is 0 Å². The molecule has 0 aromatic rings. The molecule has 0 aliphatic rings. The highest BCUT2D eigenvalue weighted by Gasteiger charge is 2.09. The van der Waals surface area contributed by atoms with E-state index in [4.69, 9.17) is 15.0 Å². The Morgan fingerprint density at radius 2 is 1.73 bits per heavy atom. The molecule has 0 fully saturated rings. The number of thioether (sulfide) groups is 1. The average Bonchev–Trinajstić information content (AvgIpc) is 2.02. The van der Waals surface area contributed by atoms with E-state index in [2.05, 4.69) is 6.92 Å². The number of hydrogen-bond donors (Lipinski definition) is 2. The summed E-state index contributed by atoms with van der Waals surface area (Å²) < 4.78 is 0. The van der Waals surface area contributed by atoms with Gasteiger partial charge in [-0.3, -0.25) is 9.59 Å². The van der Waals surface area contributed by atoms with Crippen molar-refractivity contribution in [2.24, 2.45) is 0 Å². The fourth-order valence-corrected chi connectivity index (χ4v) is 2.01. The van der Waals surface area contributed by atoms with Crippen LogP contribution in [-0.4, -0.2) is 33.2 Å². The zero-order valence-corrected chi connectivity index (χ0v) is 10.3.